The lowest BCUT2D eigenvalue weighted by Crippen LogP contribution is -2.36. The minimum Gasteiger partial charge on any atom is -0.350 e. The number of benzene rings is 3. The van der Waals surface area contributed by atoms with Crippen LogP contribution in [0, 0.1) is 0 Å². The Morgan fingerprint density at radius 2 is 1.24 bits per heavy atom. The molecule has 1 saturated heterocycles. The molecule has 1 aliphatic rings. The van der Waals surface area contributed by atoms with Crippen molar-refractivity contribution < 1.29 is 9.47 Å². The largest absolute Gasteiger partial charge is 0.350 e. The number of hydrogen-bond acceptors (Lipinski definition) is 3. The van der Waals surface area contributed by atoms with Crippen molar-refractivity contribution in [3.05, 3.63) is 126 Å². The normalized spacial score (nSPS) is 14.5. The van der Waals surface area contributed by atoms with Crippen LogP contribution in [0.4, 0.5) is 0 Å². The van der Waals surface area contributed by atoms with Gasteiger partial charge in [0.25, 0.3) is 0 Å². The molecule has 0 spiro atoms. The van der Waals surface area contributed by atoms with Crippen LogP contribution in [0.5, 0.6) is 0 Å². The molecule has 1 aromatic heterocycles. The summed E-state index contributed by atoms with van der Waals surface area (Å²) in [7, 11) is 0. The van der Waals surface area contributed by atoms with Crippen LogP contribution in [0.15, 0.2) is 104 Å². The maximum absolute atomic E-state index is 5.56. The highest BCUT2D eigenvalue weighted by molar-refractivity contribution is 5.50. The van der Waals surface area contributed by atoms with E-state index in [0.717, 1.165) is 44.6 Å². The van der Waals surface area contributed by atoms with Gasteiger partial charge in [0.15, 0.2) is 6.29 Å². The van der Waals surface area contributed by atoms with E-state index >= 15 is 0 Å². The molecule has 2 heterocycles. The second-order valence-electron chi connectivity index (χ2n) is 8.50. The molecular formula is C29H30N2O2. The van der Waals surface area contributed by atoms with Crippen LogP contribution in [0.25, 0.3) is 0 Å². The van der Waals surface area contributed by atoms with Gasteiger partial charge in [0.1, 0.15) is 5.54 Å². The Morgan fingerprint density at radius 3 is 1.76 bits per heavy atom. The zero-order chi connectivity index (χ0) is 22.3. The van der Waals surface area contributed by atoms with Crippen LogP contribution in [0.3, 0.4) is 0 Å². The molecule has 0 aliphatic carbocycles. The fourth-order valence-electron chi connectivity index (χ4n) is 4.85. The Kier molecular flexibility index (Phi) is 6.66. The van der Waals surface area contributed by atoms with Crippen LogP contribution in [0.2, 0.25) is 0 Å². The average molecular weight is 439 g/mol. The highest BCUT2D eigenvalue weighted by Crippen LogP contribution is 2.40. The molecule has 3 aromatic carbocycles. The lowest BCUT2D eigenvalue weighted by Gasteiger charge is -2.37. The fraction of sp³-hybridized carbons (Fsp3) is 0.276. The first-order chi connectivity index (χ1) is 16.4. The van der Waals surface area contributed by atoms with Crippen molar-refractivity contribution in [2.75, 3.05) is 13.2 Å². The number of aromatic nitrogens is 2. The zero-order valence-corrected chi connectivity index (χ0v) is 18.8. The molecule has 4 nitrogen and oxygen atoms in total. The molecular weight excluding hydrogens is 408 g/mol. The Bertz CT molecular complexity index is 1020. The Hall–Kier alpha value is -3.21. The summed E-state index contributed by atoms with van der Waals surface area (Å²) in [5, 5.41) is 0. The van der Waals surface area contributed by atoms with E-state index in [4.69, 9.17) is 14.5 Å². The van der Waals surface area contributed by atoms with E-state index in [1.54, 1.807) is 0 Å². The van der Waals surface area contributed by atoms with Crippen LogP contribution in [-0.2, 0) is 21.4 Å². The van der Waals surface area contributed by atoms with Gasteiger partial charge < -0.3 is 14.0 Å². The number of rotatable bonds is 9. The molecule has 0 atom stereocenters. The van der Waals surface area contributed by atoms with Gasteiger partial charge in [0.2, 0.25) is 0 Å². The topological polar surface area (TPSA) is 36.3 Å². The molecule has 0 radical (unpaired) electrons. The quantitative estimate of drug-likeness (QED) is 0.244. The van der Waals surface area contributed by atoms with Crippen molar-refractivity contribution in [3.8, 4) is 0 Å². The first-order valence-electron chi connectivity index (χ1n) is 11.8. The van der Waals surface area contributed by atoms with Gasteiger partial charge in [-0.25, -0.2) is 4.98 Å². The van der Waals surface area contributed by atoms with E-state index in [1.807, 2.05) is 6.33 Å². The Labute approximate surface area is 195 Å². The number of ether oxygens (including phenoxy) is 2. The van der Waals surface area contributed by atoms with E-state index in [9.17, 15) is 0 Å². The fourth-order valence-corrected chi connectivity index (χ4v) is 4.85. The van der Waals surface area contributed by atoms with Crippen molar-refractivity contribution in [2.45, 2.75) is 37.5 Å². The third kappa shape index (κ3) is 4.50. The monoisotopic (exact) mass is 438 g/mol. The minimum atomic E-state index is -0.499. The second-order valence-corrected chi connectivity index (χ2v) is 8.50. The van der Waals surface area contributed by atoms with Gasteiger partial charge >= 0.3 is 0 Å². The number of imidazole rings is 1. The van der Waals surface area contributed by atoms with Crippen LogP contribution in [0.1, 0.15) is 41.6 Å². The average Bonchev–Trinajstić information content (AvgIpc) is 3.57. The van der Waals surface area contributed by atoms with E-state index in [2.05, 4.69) is 102 Å². The molecule has 4 heteroatoms. The molecule has 33 heavy (non-hydrogen) atoms. The van der Waals surface area contributed by atoms with Gasteiger partial charge in [0, 0.05) is 6.20 Å². The molecule has 5 rings (SSSR count). The van der Waals surface area contributed by atoms with Crippen molar-refractivity contribution in [2.24, 2.45) is 0 Å². The van der Waals surface area contributed by atoms with E-state index < -0.39 is 5.54 Å². The van der Waals surface area contributed by atoms with Crippen molar-refractivity contribution in [1.82, 2.24) is 9.55 Å². The van der Waals surface area contributed by atoms with Crippen LogP contribution < -0.4 is 0 Å². The molecule has 4 aromatic rings. The Morgan fingerprint density at radius 1 is 0.727 bits per heavy atom. The summed E-state index contributed by atoms with van der Waals surface area (Å²) in [6, 6.07) is 32.1. The summed E-state index contributed by atoms with van der Waals surface area (Å²) >= 11 is 0. The highest BCUT2D eigenvalue weighted by atomic mass is 16.7. The maximum Gasteiger partial charge on any atom is 0.157 e. The van der Waals surface area contributed by atoms with Crippen molar-refractivity contribution in [1.29, 1.82) is 0 Å². The lowest BCUT2D eigenvalue weighted by atomic mass is 9.77. The summed E-state index contributed by atoms with van der Waals surface area (Å²) in [6.07, 6.45) is 8.20. The lowest BCUT2D eigenvalue weighted by molar-refractivity contribution is -0.0479. The molecule has 0 unspecified atom stereocenters. The molecule has 1 fully saturated rings. The molecule has 1 aliphatic heterocycles. The molecule has 0 bridgehead atoms. The minimum absolute atomic E-state index is 0.0237. The predicted octanol–water partition coefficient (Wildman–Crippen LogP) is 5.81. The van der Waals surface area contributed by atoms with Gasteiger partial charge in [-0.05, 0) is 42.4 Å². The van der Waals surface area contributed by atoms with Gasteiger partial charge in [-0.3, -0.25) is 0 Å². The van der Waals surface area contributed by atoms with Crippen LogP contribution >= 0.6 is 0 Å². The van der Waals surface area contributed by atoms with Gasteiger partial charge in [-0.2, -0.15) is 0 Å². The van der Waals surface area contributed by atoms with Crippen molar-refractivity contribution in [3.63, 3.8) is 0 Å². The third-order valence-electron chi connectivity index (χ3n) is 6.41. The standard InChI is InChI=1S/C29H30N2O2/c1-4-12-24(13-5-1)29(25-14-6-2-7-15-25,26-16-8-3-9-17-26)31-22-27(30-23-31)18-10-11-19-28-32-20-21-33-28/h1-9,12-17,22-23,28H,10-11,18-21H2. The second kappa shape index (κ2) is 10.2. The number of unbranched alkanes of at least 4 members (excludes halogenated alkanes) is 1. The van der Waals surface area contributed by atoms with Gasteiger partial charge in [-0.1, -0.05) is 91.0 Å². The van der Waals surface area contributed by atoms with Gasteiger partial charge in [-0.15, -0.1) is 0 Å². The Balaban J connectivity index is 1.50. The summed E-state index contributed by atoms with van der Waals surface area (Å²) in [6.45, 7) is 1.44. The molecule has 0 amide bonds. The smallest absolute Gasteiger partial charge is 0.157 e. The molecule has 0 saturated carbocycles. The first-order valence-corrected chi connectivity index (χ1v) is 11.8. The van der Waals surface area contributed by atoms with Crippen molar-refractivity contribution >= 4 is 0 Å². The van der Waals surface area contributed by atoms with E-state index in [-0.39, 0.29) is 6.29 Å². The molecule has 0 N–H and O–H groups in total. The predicted molar refractivity (Wildman–Crippen MR) is 130 cm³/mol. The summed E-state index contributed by atoms with van der Waals surface area (Å²) < 4.78 is 13.4. The summed E-state index contributed by atoms with van der Waals surface area (Å²) in [5.74, 6) is 0. The van der Waals surface area contributed by atoms with E-state index in [1.165, 1.54) is 16.7 Å². The first kappa shape index (κ1) is 21.6. The summed E-state index contributed by atoms with van der Waals surface area (Å²) in [4.78, 5) is 4.83. The number of nitrogens with zero attached hydrogens (tertiary/aromatic N) is 2. The van der Waals surface area contributed by atoms with E-state index in [0.29, 0.717) is 0 Å². The third-order valence-corrected chi connectivity index (χ3v) is 6.41. The number of aryl methyl sites for hydroxylation is 1. The van der Waals surface area contributed by atoms with Gasteiger partial charge in [0.05, 0.1) is 25.2 Å². The maximum atomic E-state index is 5.56. The van der Waals surface area contributed by atoms with Crippen LogP contribution in [-0.4, -0.2) is 29.1 Å². The SMILES string of the molecule is c1ccc(C(c2ccccc2)(c2ccccc2)n2cnc(CCCCC3OCCO3)c2)cc1. The zero-order valence-electron chi connectivity index (χ0n) is 18.8. The molecule has 168 valence electrons. The number of hydrogen-bond donors (Lipinski definition) is 0. The highest BCUT2D eigenvalue weighted by Gasteiger charge is 2.38. The summed E-state index contributed by atoms with van der Waals surface area (Å²) in [5.41, 5.74) is 4.24.